The highest BCUT2D eigenvalue weighted by atomic mass is 79.9. The van der Waals surface area contributed by atoms with Crippen LogP contribution < -0.4 is 10.2 Å². The van der Waals surface area contributed by atoms with E-state index in [4.69, 9.17) is 9.47 Å². The molecule has 1 N–H and O–H groups in total. The molecule has 120 valence electrons. The normalized spacial score (nSPS) is 13.1. The van der Waals surface area contributed by atoms with Crippen molar-refractivity contribution in [3.63, 3.8) is 0 Å². The molecule has 1 aromatic rings. The van der Waals surface area contributed by atoms with Crippen LogP contribution >= 0.6 is 15.9 Å². The van der Waals surface area contributed by atoms with E-state index in [1.54, 1.807) is 18.1 Å². The third kappa shape index (κ3) is 4.06. The van der Waals surface area contributed by atoms with Crippen molar-refractivity contribution >= 4 is 39.1 Å². The summed E-state index contributed by atoms with van der Waals surface area (Å²) in [5.41, 5.74) is 2.44. The minimum absolute atomic E-state index is 0.0343. The van der Waals surface area contributed by atoms with Gasteiger partial charge in [-0.05, 0) is 24.1 Å². The van der Waals surface area contributed by atoms with Gasteiger partial charge in [-0.2, -0.15) is 0 Å². The molecular weight excluding hydrogens is 352 g/mol. The Morgan fingerprint density at radius 1 is 1.36 bits per heavy atom. The van der Waals surface area contributed by atoms with Crippen molar-refractivity contribution in [2.45, 2.75) is 13.3 Å². The molecule has 2 rings (SSSR count). The number of hydrogen-bond donors (Lipinski definition) is 1. The average Bonchev–Trinajstić information content (AvgIpc) is 2.87. The van der Waals surface area contributed by atoms with Crippen LogP contribution in [-0.4, -0.2) is 45.3 Å². The molecule has 0 aliphatic carbocycles. The van der Waals surface area contributed by atoms with Crippen molar-refractivity contribution in [1.82, 2.24) is 0 Å². The van der Waals surface area contributed by atoms with Gasteiger partial charge in [0.25, 0.3) is 0 Å². The largest absolute Gasteiger partial charge is 0.382 e. The second kappa shape index (κ2) is 7.71. The SMILES string of the molecule is COCCOCC(=O)Nc1cc(Br)cc2c1N(C(C)=O)CC2. The van der Waals surface area contributed by atoms with Crippen LogP contribution in [0.2, 0.25) is 0 Å². The predicted octanol–water partition coefficient (Wildman–Crippen LogP) is 1.96. The van der Waals surface area contributed by atoms with Crippen LogP contribution in [0.25, 0.3) is 0 Å². The van der Waals surface area contributed by atoms with E-state index in [2.05, 4.69) is 21.2 Å². The number of carbonyl (C=O) groups excluding carboxylic acids is 2. The molecule has 6 nitrogen and oxygen atoms in total. The van der Waals surface area contributed by atoms with E-state index < -0.39 is 0 Å². The first-order valence-corrected chi connectivity index (χ1v) is 7.79. The Morgan fingerprint density at radius 3 is 2.82 bits per heavy atom. The van der Waals surface area contributed by atoms with Crippen LogP contribution in [0, 0.1) is 0 Å². The Morgan fingerprint density at radius 2 is 2.14 bits per heavy atom. The van der Waals surface area contributed by atoms with Crippen molar-refractivity contribution in [3.8, 4) is 0 Å². The number of benzene rings is 1. The lowest BCUT2D eigenvalue weighted by Gasteiger charge is -2.19. The van der Waals surface area contributed by atoms with Crippen LogP contribution in [-0.2, 0) is 25.5 Å². The molecule has 0 unspecified atom stereocenters. The molecule has 1 aliphatic heterocycles. The Labute approximate surface area is 137 Å². The molecule has 0 aromatic heterocycles. The molecule has 2 amide bonds. The number of nitrogens with zero attached hydrogens (tertiary/aromatic N) is 1. The molecule has 22 heavy (non-hydrogen) atoms. The Bertz CT molecular complexity index is 577. The van der Waals surface area contributed by atoms with Crippen molar-refractivity contribution < 1.29 is 19.1 Å². The van der Waals surface area contributed by atoms with E-state index in [9.17, 15) is 9.59 Å². The highest BCUT2D eigenvalue weighted by Gasteiger charge is 2.26. The topological polar surface area (TPSA) is 67.9 Å². The second-order valence-corrected chi connectivity index (χ2v) is 5.89. The number of halogens is 1. The number of ether oxygens (including phenoxy) is 2. The zero-order valence-corrected chi connectivity index (χ0v) is 14.2. The van der Waals surface area contributed by atoms with Gasteiger partial charge in [-0.15, -0.1) is 0 Å². The van der Waals surface area contributed by atoms with Crippen LogP contribution in [0.15, 0.2) is 16.6 Å². The minimum Gasteiger partial charge on any atom is -0.382 e. The molecule has 0 fully saturated rings. The maximum absolute atomic E-state index is 12.0. The lowest BCUT2D eigenvalue weighted by molar-refractivity contribution is -0.121. The number of fused-ring (bicyclic) bond motifs is 1. The lowest BCUT2D eigenvalue weighted by Crippen LogP contribution is -2.27. The summed E-state index contributed by atoms with van der Waals surface area (Å²) in [7, 11) is 1.57. The van der Waals surface area contributed by atoms with Gasteiger partial charge in [0, 0.05) is 25.1 Å². The first-order valence-electron chi connectivity index (χ1n) is 7.00. The molecule has 1 aromatic carbocycles. The maximum Gasteiger partial charge on any atom is 0.250 e. The zero-order chi connectivity index (χ0) is 16.1. The fourth-order valence-electron chi connectivity index (χ4n) is 2.41. The molecule has 0 saturated heterocycles. The number of anilines is 2. The summed E-state index contributed by atoms with van der Waals surface area (Å²) in [6.45, 7) is 2.91. The van der Waals surface area contributed by atoms with Crippen molar-refractivity contribution in [2.24, 2.45) is 0 Å². The molecule has 1 aliphatic rings. The highest BCUT2D eigenvalue weighted by molar-refractivity contribution is 9.10. The van der Waals surface area contributed by atoms with Gasteiger partial charge in [-0.3, -0.25) is 9.59 Å². The second-order valence-electron chi connectivity index (χ2n) is 4.98. The van der Waals surface area contributed by atoms with Gasteiger partial charge in [0.05, 0.1) is 24.6 Å². The molecular formula is C15H19BrN2O4. The Kier molecular flexibility index (Phi) is 5.93. The van der Waals surface area contributed by atoms with Gasteiger partial charge in [0.1, 0.15) is 6.61 Å². The number of amides is 2. The van der Waals surface area contributed by atoms with Gasteiger partial charge >= 0.3 is 0 Å². The van der Waals surface area contributed by atoms with E-state index in [1.807, 2.05) is 6.07 Å². The van der Waals surface area contributed by atoms with Crippen molar-refractivity contribution in [1.29, 1.82) is 0 Å². The third-order valence-corrected chi connectivity index (χ3v) is 3.81. The molecule has 0 bridgehead atoms. The summed E-state index contributed by atoms with van der Waals surface area (Å²) in [5.74, 6) is -0.292. The smallest absolute Gasteiger partial charge is 0.250 e. The zero-order valence-electron chi connectivity index (χ0n) is 12.6. The predicted molar refractivity (Wildman–Crippen MR) is 87.2 cm³/mol. The summed E-state index contributed by atoms with van der Waals surface area (Å²) < 4.78 is 10.9. The number of carbonyl (C=O) groups is 2. The van der Waals surface area contributed by atoms with Crippen LogP contribution in [0.4, 0.5) is 11.4 Å². The van der Waals surface area contributed by atoms with Gasteiger partial charge in [-0.1, -0.05) is 15.9 Å². The first-order chi connectivity index (χ1) is 10.5. The van der Waals surface area contributed by atoms with E-state index in [0.29, 0.717) is 25.4 Å². The van der Waals surface area contributed by atoms with Crippen molar-refractivity contribution in [3.05, 3.63) is 22.2 Å². The number of rotatable bonds is 6. The quantitative estimate of drug-likeness (QED) is 0.777. The van der Waals surface area contributed by atoms with Gasteiger partial charge in [-0.25, -0.2) is 0 Å². The first kappa shape index (κ1) is 16.9. The fraction of sp³-hybridized carbons (Fsp3) is 0.467. The summed E-state index contributed by atoms with van der Waals surface area (Å²) in [6.07, 6.45) is 0.779. The van der Waals surface area contributed by atoms with Crippen molar-refractivity contribution in [2.75, 3.05) is 43.7 Å². The lowest BCUT2D eigenvalue weighted by atomic mass is 10.1. The Hall–Kier alpha value is -1.44. The van der Waals surface area contributed by atoms with Crippen LogP contribution in [0.1, 0.15) is 12.5 Å². The number of hydrogen-bond acceptors (Lipinski definition) is 4. The van der Waals surface area contributed by atoms with Gasteiger partial charge < -0.3 is 19.7 Å². The fourth-order valence-corrected chi connectivity index (χ4v) is 2.92. The van der Waals surface area contributed by atoms with Crippen LogP contribution in [0.5, 0.6) is 0 Å². The molecule has 7 heteroatoms. The van der Waals surface area contributed by atoms with Crippen LogP contribution in [0.3, 0.4) is 0 Å². The minimum atomic E-state index is -0.258. The summed E-state index contributed by atoms with van der Waals surface area (Å²) >= 11 is 3.43. The van der Waals surface area contributed by atoms with E-state index in [-0.39, 0.29) is 18.4 Å². The van der Waals surface area contributed by atoms with Gasteiger partial charge in [0.2, 0.25) is 11.8 Å². The molecule has 1 heterocycles. The highest BCUT2D eigenvalue weighted by Crippen LogP contribution is 2.38. The summed E-state index contributed by atoms with van der Waals surface area (Å²) in [4.78, 5) is 25.4. The molecule has 0 saturated carbocycles. The van der Waals surface area contributed by atoms with E-state index >= 15 is 0 Å². The monoisotopic (exact) mass is 370 g/mol. The van der Waals surface area contributed by atoms with E-state index in [0.717, 1.165) is 22.1 Å². The number of nitrogens with one attached hydrogen (secondary N) is 1. The average molecular weight is 371 g/mol. The standard InChI is InChI=1S/C15H19BrN2O4/c1-10(19)18-4-3-11-7-12(16)8-13(15(11)18)17-14(20)9-22-6-5-21-2/h7-8H,3-6,9H2,1-2H3,(H,17,20). The third-order valence-electron chi connectivity index (χ3n) is 3.35. The molecule has 0 spiro atoms. The van der Waals surface area contributed by atoms with E-state index in [1.165, 1.54) is 6.92 Å². The molecule has 0 radical (unpaired) electrons. The Balaban J connectivity index is 2.11. The van der Waals surface area contributed by atoms with Gasteiger partial charge in [0.15, 0.2) is 0 Å². The summed E-state index contributed by atoms with van der Waals surface area (Å²) in [5, 5.41) is 2.82. The molecule has 0 atom stereocenters. The summed E-state index contributed by atoms with van der Waals surface area (Å²) in [6, 6.07) is 3.77. The maximum atomic E-state index is 12.0. The number of methoxy groups -OCH3 is 1.